The molecule has 8 nitrogen and oxygen atoms in total. The molecule has 0 saturated heterocycles. The lowest BCUT2D eigenvalue weighted by molar-refractivity contribution is 0.0782. The van der Waals surface area contributed by atoms with Crippen LogP contribution in [-0.4, -0.2) is 42.4 Å². The summed E-state index contributed by atoms with van der Waals surface area (Å²) in [6.07, 6.45) is 3.37. The van der Waals surface area contributed by atoms with E-state index in [9.17, 15) is 9.59 Å². The minimum atomic E-state index is -0.223. The number of carbonyl (C=O) groups is 1. The zero-order valence-corrected chi connectivity index (χ0v) is 14.4. The number of amides is 1. The van der Waals surface area contributed by atoms with Gasteiger partial charge in [0.1, 0.15) is 16.1 Å². The first-order chi connectivity index (χ1) is 12.0. The smallest absolute Gasteiger partial charge is 0.268 e. The van der Waals surface area contributed by atoms with Crippen LogP contribution in [0.3, 0.4) is 0 Å². The van der Waals surface area contributed by atoms with Gasteiger partial charge in [-0.25, -0.2) is 14.5 Å². The summed E-state index contributed by atoms with van der Waals surface area (Å²) in [6, 6.07) is 3.54. The molecule has 4 rings (SSSR count). The maximum atomic E-state index is 12.9. The molecular weight excluding hydrogens is 340 g/mol. The highest BCUT2D eigenvalue weighted by molar-refractivity contribution is 7.17. The molecule has 0 aromatic carbocycles. The molecule has 126 valence electrons. The van der Waals surface area contributed by atoms with E-state index < -0.39 is 0 Å². The fraction of sp³-hybridized carbons (Fsp3) is 0.188. The van der Waals surface area contributed by atoms with Gasteiger partial charge >= 0.3 is 0 Å². The van der Waals surface area contributed by atoms with E-state index in [2.05, 4.69) is 20.1 Å². The molecule has 0 bridgehead atoms. The summed E-state index contributed by atoms with van der Waals surface area (Å²) in [5.41, 5.74) is 2.00. The van der Waals surface area contributed by atoms with Crippen LogP contribution in [0.2, 0.25) is 0 Å². The molecule has 0 spiro atoms. The number of rotatable bonds is 3. The standard InChI is InChI=1S/C16H14N6O2S/c1-9-12(14-17-5-3-6-22(14)20-9)16(24)21(2)8-11-18-10-4-7-25-13(10)15(23)19-11/h3-7H,8H2,1-2H3,(H,18,19,23). The van der Waals surface area contributed by atoms with E-state index in [0.29, 0.717) is 32.9 Å². The lowest BCUT2D eigenvalue weighted by Crippen LogP contribution is -2.28. The van der Waals surface area contributed by atoms with Gasteiger partial charge in [0.15, 0.2) is 5.65 Å². The van der Waals surface area contributed by atoms with Crippen molar-refractivity contribution in [1.29, 1.82) is 0 Å². The molecule has 25 heavy (non-hydrogen) atoms. The van der Waals surface area contributed by atoms with Crippen LogP contribution in [0, 0.1) is 6.92 Å². The fourth-order valence-corrected chi connectivity index (χ4v) is 3.46. The minimum Gasteiger partial charge on any atom is -0.334 e. The molecule has 4 heterocycles. The fourth-order valence-electron chi connectivity index (χ4n) is 2.73. The second-order valence-corrected chi connectivity index (χ2v) is 6.57. The SMILES string of the molecule is Cc1nn2cccnc2c1C(=O)N(C)Cc1nc2ccsc2c(=O)[nH]1. The number of carbonyl (C=O) groups excluding carboxylic acids is 1. The van der Waals surface area contributed by atoms with E-state index in [1.807, 2.05) is 5.38 Å². The first-order valence-electron chi connectivity index (χ1n) is 7.56. The van der Waals surface area contributed by atoms with E-state index in [1.165, 1.54) is 16.2 Å². The number of nitrogens with zero attached hydrogens (tertiary/aromatic N) is 5. The molecule has 0 atom stereocenters. The highest BCUT2D eigenvalue weighted by atomic mass is 32.1. The third-order valence-electron chi connectivity index (χ3n) is 3.88. The van der Waals surface area contributed by atoms with Crippen LogP contribution >= 0.6 is 11.3 Å². The molecule has 0 aliphatic rings. The molecule has 0 aliphatic heterocycles. The van der Waals surface area contributed by atoms with Gasteiger partial charge in [0.05, 0.1) is 17.8 Å². The molecule has 0 saturated carbocycles. The van der Waals surface area contributed by atoms with Gasteiger partial charge in [-0.1, -0.05) is 0 Å². The Morgan fingerprint density at radius 3 is 3.12 bits per heavy atom. The van der Waals surface area contributed by atoms with Crippen LogP contribution in [0.4, 0.5) is 0 Å². The maximum absolute atomic E-state index is 12.9. The average molecular weight is 354 g/mol. The highest BCUT2D eigenvalue weighted by Gasteiger charge is 2.22. The van der Waals surface area contributed by atoms with Gasteiger partial charge < -0.3 is 9.88 Å². The van der Waals surface area contributed by atoms with Crippen molar-refractivity contribution in [2.45, 2.75) is 13.5 Å². The average Bonchev–Trinajstić information content (AvgIpc) is 3.17. The van der Waals surface area contributed by atoms with Crippen molar-refractivity contribution in [3.63, 3.8) is 0 Å². The molecule has 9 heteroatoms. The Hall–Kier alpha value is -3.07. The van der Waals surface area contributed by atoms with Crippen molar-refractivity contribution in [3.05, 3.63) is 57.3 Å². The van der Waals surface area contributed by atoms with Gasteiger partial charge in [0.2, 0.25) is 0 Å². The molecule has 0 fully saturated rings. The van der Waals surface area contributed by atoms with Gasteiger partial charge in [0, 0.05) is 19.4 Å². The molecule has 4 aromatic heterocycles. The Kier molecular flexibility index (Phi) is 3.57. The number of fused-ring (bicyclic) bond motifs is 2. The lowest BCUT2D eigenvalue weighted by Gasteiger charge is -2.16. The van der Waals surface area contributed by atoms with Gasteiger partial charge in [0.25, 0.3) is 11.5 Å². The van der Waals surface area contributed by atoms with Gasteiger partial charge in [-0.05, 0) is 24.4 Å². The zero-order valence-electron chi connectivity index (χ0n) is 13.6. The number of hydrogen-bond donors (Lipinski definition) is 1. The van der Waals surface area contributed by atoms with Crippen LogP contribution in [0.25, 0.3) is 15.9 Å². The number of aryl methyl sites for hydroxylation is 1. The maximum Gasteiger partial charge on any atom is 0.268 e. The Balaban J connectivity index is 1.67. The van der Waals surface area contributed by atoms with Crippen LogP contribution in [0.5, 0.6) is 0 Å². The third kappa shape index (κ3) is 2.58. The Morgan fingerprint density at radius 1 is 1.44 bits per heavy atom. The molecule has 1 N–H and O–H groups in total. The van der Waals surface area contributed by atoms with Crippen molar-refractivity contribution in [3.8, 4) is 0 Å². The van der Waals surface area contributed by atoms with Crippen LogP contribution < -0.4 is 5.56 Å². The summed E-state index contributed by atoms with van der Waals surface area (Å²) in [4.78, 5) is 37.8. The number of aromatic amines is 1. The summed E-state index contributed by atoms with van der Waals surface area (Å²) in [6.45, 7) is 1.96. The van der Waals surface area contributed by atoms with Crippen LogP contribution in [0.1, 0.15) is 21.9 Å². The van der Waals surface area contributed by atoms with Gasteiger partial charge in [-0.2, -0.15) is 5.10 Å². The number of nitrogens with one attached hydrogen (secondary N) is 1. The van der Waals surface area contributed by atoms with E-state index in [1.54, 1.807) is 43.0 Å². The van der Waals surface area contributed by atoms with Crippen LogP contribution in [0.15, 0.2) is 34.7 Å². The topological polar surface area (TPSA) is 96.2 Å². The normalized spacial score (nSPS) is 11.3. The first kappa shape index (κ1) is 15.5. The second-order valence-electron chi connectivity index (χ2n) is 5.66. The predicted octanol–water partition coefficient (Wildman–Crippen LogP) is 1.61. The summed E-state index contributed by atoms with van der Waals surface area (Å²) in [5, 5.41) is 6.13. The summed E-state index contributed by atoms with van der Waals surface area (Å²) >= 11 is 1.34. The number of thiophene rings is 1. The van der Waals surface area contributed by atoms with Crippen molar-refractivity contribution >= 4 is 33.1 Å². The van der Waals surface area contributed by atoms with E-state index in [4.69, 9.17) is 0 Å². The molecular formula is C16H14N6O2S. The minimum absolute atomic E-state index is 0.184. The Morgan fingerprint density at radius 2 is 2.28 bits per heavy atom. The lowest BCUT2D eigenvalue weighted by atomic mass is 10.2. The van der Waals surface area contributed by atoms with E-state index >= 15 is 0 Å². The molecule has 0 aliphatic carbocycles. The number of aromatic nitrogens is 5. The zero-order chi connectivity index (χ0) is 17.6. The molecule has 0 unspecified atom stereocenters. The Bertz CT molecular complexity index is 1160. The van der Waals surface area contributed by atoms with E-state index in [0.717, 1.165) is 0 Å². The summed E-state index contributed by atoms with van der Waals surface area (Å²) in [5.74, 6) is 0.216. The number of hydrogen-bond acceptors (Lipinski definition) is 6. The molecule has 1 amide bonds. The van der Waals surface area contributed by atoms with Gasteiger partial charge in [-0.15, -0.1) is 11.3 Å². The van der Waals surface area contributed by atoms with Crippen molar-refractivity contribution in [2.24, 2.45) is 0 Å². The molecule has 4 aromatic rings. The van der Waals surface area contributed by atoms with Crippen molar-refractivity contribution < 1.29 is 4.79 Å². The van der Waals surface area contributed by atoms with Crippen molar-refractivity contribution in [2.75, 3.05) is 7.05 Å². The molecule has 0 radical (unpaired) electrons. The Labute approximate surface area is 145 Å². The highest BCUT2D eigenvalue weighted by Crippen LogP contribution is 2.17. The second kappa shape index (κ2) is 5.78. The largest absolute Gasteiger partial charge is 0.334 e. The van der Waals surface area contributed by atoms with Gasteiger partial charge in [-0.3, -0.25) is 9.59 Å². The summed E-state index contributed by atoms with van der Waals surface area (Å²) in [7, 11) is 1.66. The van der Waals surface area contributed by atoms with E-state index in [-0.39, 0.29) is 18.0 Å². The quantitative estimate of drug-likeness (QED) is 0.603. The third-order valence-corrected chi connectivity index (χ3v) is 4.78. The monoisotopic (exact) mass is 354 g/mol. The van der Waals surface area contributed by atoms with Crippen molar-refractivity contribution in [1.82, 2.24) is 29.5 Å². The number of H-pyrrole nitrogens is 1. The van der Waals surface area contributed by atoms with Crippen LogP contribution in [-0.2, 0) is 6.54 Å². The summed E-state index contributed by atoms with van der Waals surface area (Å²) < 4.78 is 2.16. The predicted molar refractivity (Wildman–Crippen MR) is 93.8 cm³/mol. The first-order valence-corrected chi connectivity index (χ1v) is 8.44.